The molecule has 0 spiro atoms. The molecule has 128 valence electrons. The molecule has 1 saturated heterocycles. The molecule has 0 bridgehead atoms. The summed E-state index contributed by atoms with van der Waals surface area (Å²) >= 11 is 0. The lowest BCUT2D eigenvalue weighted by atomic mass is 10.1. The first-order chi connectivity index (χ1) is 12.8. The Morgan fingerprint density at radius 2 is 1.73 bits per heavy atom. The molecule has 1 aliphatic heterocycles. The number of carbonyl (C=O) groups is 1. The van der Waals surface area contributed by atoms with Crippen LogP contribution in [0.15, 0.2) is 73.6 Å². The summed E-state index contributed by atoms with van der Waals surface area (Å²) in [6.45, 7) is 0.329. The highest BCUT2D eigenvalue weighted by molar-refractivity contribution is 5.70. The average molecular weight is 344 g/mol. The van der Waals surface area contributed by atoms with E-state index in [1.165, 1.54) is 6.33 Å². The second-order valence-electron chi connectivity index (χ2n) is 5.32. The highest BCUT2D eigenvalue weighted by Gasteiger charge is 2.23. The van der Waals surface area contributed by atoms with Gasteiger partial charge in [-0.3, -0.25) is 4.98 Å². The van der Waals surface area contributed by atoms with Crippen LogP contribution in [-0.2, 0) is 4.74 Å². The Balaban J connectivity index is 0.000000278. The number of nitrogens with one attached hydrogen (secondary N) is 1. The smallest absolute Gasteiger partial charge is 0.407 e. The molecule has 0 aliphatic carbocycles. The van der Waals surface area contributed by atoms with E-state index in [9.17, 15) is 4.79 Å². The number of carbonyl (C=O) groups excluding carboxylic acids is 1. The molecular formula is C20H16N4O2. The second kappa shape index (κ2) is 8.94. The van der Waals surface area contributed by atoms with E-state index >= 15 is 0 Å². The van der Waals surface area contributed by atoms with Crippen molar-refractivity contribution < 1.29 is 9.53 Å². The molecule has 4 rings (SSSR count). The predicted molar refractivity (Wildman–Crippen MR) is 95.9 cm³/mol. The Kier molecular flexibility index (Phi) is 5.89. The van der Waals surface area contributed by atoms with E-state index in [0.29, 0.717) is 6.61 Å². The van der Waals surface area contributed by atoms with Gasteiger partial charge in [-0.15, -0.1) is 0 Å². The van der Waals surface area contributed by atoms with Gasteiger partial charge in [0.15, 0.2) is 0 Å². The number of amides is 1. The van der Waals surface area contributed by atoms with Crippen LogP contribution in [0.25, 0.3) is 0 Å². The molecular weight excluding hydrogens is 328 g/mol. The summed E-state index contributed by atoms with van der Waals surface area (Å²) in [4.78, 5) is 22.5. The minimum absolute atomic E-state index is 0.145. The van der Waals surface area contributed by atoms with Crippen LogP contribution in [0.1, 0.15) is 22.7 Å². The summed E-state index contributed by atoms with van der Waals surface area (Å²) in [6, 6.07) is 13.3. The van der Waals surface area contributed by atoms with Crippen molar-refractivity contribution in [3.05, 3.63) is 90.3 Å². The molecule has 1 aromatic carbocycles. The fraction of sp³-hybridized carbons (Fsp3) is 0.100. The molecule has 0 saturated carbocycles. The highest BCUT2D eigenvalue weighted by atomic mass is 16.6. The van der Waals surface area contributed by atoms with E-state index in [2.05, 4.69) is 32.1 Å². The van der Waals surface area contributed by atoms with Gasteiger partial charge in [-0.2, -0.15) is 0 Å². The van der Waals surface area contributed by atoms with Gasteiger partial charge in [-0.25, -0.2) is 14.8 Å². The van der Waals surface area contributed by atoms with Gasteiger partial charge in [0.05, 0.1) is 6.04 Å². The molecule has 6 nitrogen and oxygen atoms in total. The Hall–Kier alpha value is -3.72. The number of alkyl carbamates (subject to hydrolysis) is 1. The number of ether oxygens (including phenoxy) is 1. The van der Waals surface area contributed by atoms with Crippen molar-refractivity contribution in [2.45, 2.75) is 6.04 Å². The maximum atomic E-state index is 11.0. The van der Waals surface area contributed by atoms with Crippen molar-refractivity contribution in [3.63, 3.8) is 0 Å². The van der Waals surface area contributed by atoms with Crippen LogP contribution in [0.3, 0.4) is 0 Å². The summed E-state index contributed by atoms with van der Waals surface area (Å²) < 4.78 is 4.88. The van der Waals surface area contributed by atoms with Crippen LogP contribution >= 0.6 is 0 Å². The van der Waals surface area contributed by atoms with Crippen LogP contribution in [0.4, 0.5) is 4.79 Å². The number of hydrogen-bond acceptors (Lipinski definition) is 5. The molecule has 1 atom stereocenters. The van der Waals surface area contributed by atoms with Crippen molar-refractivity contribution >= 4 is 6.09 Å². The minimum Gasteiger partial charge on any atom is -0.447 e. The predicted octanol–water partition coefficient (Wildman–Crippen LogP) is 2.74. The second-order valence-corrected chi connectivity index (χ2v) is 5.32. The van der Waals surface area contributed by atoms with Crippen molar-refractivity contribution in [2.24, 2.45) is 0 Å². The van der Waals surface area contributed by atoms with Crippen LogP contribution in [0, 0.1) is 11.8 Å². The molecule has 2 aromatic heterocycles. The van der Waals surface area contributed by atoms with E-state index in [4.69, 9.17) is 4.74 Å². The van der Waals surface area contributed by atoms with Crippen LogP contribution in [0.2, 0.25) is 0 Å². The van der Waals surface area contributed by atoms with Crippen LogP contribution in [0.5, 0.6) is 0 Å². The van der Waals surface area contributed by atoms with Crippen molar-refractivity contribution in [3.8, 4) is 11.8 Å². The zero-order valence-corrected chi connectivity index (χ0v) is 13.9. The van der Waals surface area contributed by atoms with E-state index < -0.39 is 6.09 Å². The first-order valence-corrected chi connectivity index (χ1v) is 7.96. The van der Waals surface area contributed by atoms with Crippen LogP contribution < -0.4 is 5.32 Å². The van der Waals surface area contributed by atoms with Gasteiger partial charge in [0.25, 0.3) is 0 Å². The number of pyridine rings is 1. The first kappa shape index (κ1) is 17.1. The van der Waals surface area contributed by atoms with Gasteiger partial charge in [0.2, 0.25) is 0 Å². The molecule has 3 heterocycles. The molecule has 3 aromatic rings. The zero-order chi connectivity index (χ0) is 18.0. The fourth-order valence-electron chi connectivity index (χ4n) is 2.20. The summed E-state index contributed by atoms with van der Waals surface area (Å²) in [7, 11) is 0. The third kappa shape index (κ3) is 5.14. The Labute approximate surface area is 151 Å². The van der Waals surface area contributed by atoms with Gasteiger partial charge in [-0.05, 0) is 29.8 Å². The standard InChI is InChI=1S/C16H12N2O2.C4H4N2/c19-16-18-15(11-20-16)14-8-13(9-17-10-14)7-6-12-4-2-1-3-5-12;1-2-5-4-6-3-1/h1-5,8-10,15H,11H2,(H,18,19);1-4H/t15-;/m0./s1. The van der Waals surface area contributed by atoms with Crippen LogP contribution in [-0.4, -0.2) is 27.7 Å². The minimum atomic E-state index is -0.393. The molecule has 6 heteroatoms. The molecule has 1 fully saturated rings. The third-order valence-electron chi connectivity index (χ3n) is 3.44. The lowest BCUT2D eigenvalue weighted by Crippen LogP contribution is -2.18. The number of hydrogen-bond donors (Lipinski definition) is 1. The number of rotatable bonds is 1. The largest absolute Gasteiger partial charge is 0.447 e. The Bertz CT molecular complexity index is 878. The Morgan fingerprint density at radius 3 is 2.35 bits per heavy atom. The van der Waals surface area contributed by atoms with Crippen molar-refractivity contribution in [1.29, 1.82) is 0 Å². The molecule has 1 amide bonds. The molecule has 1 N–H and O–H groups in total. The SMILES string of the molecule is O=C1N[C@H](c2cncc(C#Cc3ccccc3)c2)CO1.c1cncnc1. The van der Waals surface area contributed by atoms with Gasteiger partial charge in [0.1, 0.15) is 12.9 Å². The zero-order valence-electron chi connectivity index (χ0n) is 13.9. The van der Waals surface area contributed by atoms with Gasteiger partial charge >= 0.3 is 6.09 Å². The normalized spacial score (nSPS) is 14.8. The third-order valence-corrected chi connectivity index (χ3v) is 3.44. The number of cyclic esters (lactones) is 1. The summed E-state index contributed by atoms with van der Waals surface area (Å²) in [5, 5.41) is 2.72. The summed E-state index contributed by atoms with van der Waals surface area (Å²) in [5.41, 5.74) is 2.67. The van der Waals surface area contributed by atoms with Gasteiger partial charge in [0, 0.05) is 35.9 Å². The molecule has 26 heavy (non-hydrogen) atoms. The lowest BCUT2D eigenvalue weighted by molar-refractivity contribution is 0.177. The van der Waals surface area contributed by atoms with Gasteiger partial charge < -0.3 is 10.1 Å². The van der Waals surface area contributed by atoms with E-state index in [-0.39, 0.29) is 6.04 Å². The topological polar surface area (TPSA) is 77.0 Å². The van der Waals surface area contributed by atoms with Crippen molar-refractivity contribution in [2.75, 3.05) is 6.61 Å². The van der Waals surface area contributed by atoms with Gasteiger partial charge in [-0.1, -0.05) is 30.0 Å². The maximum Gasteiger partial charge on any atom is 0.407 e. The number of benzene rings is 1. The van der Waals surface area contributed by atoms with E-state index in [0.717, 1.165) is 16.7 Å². The molecule has 1 aliphatic rings. The number of aromatic nitrogens is 3. The maximum absolute atomic E-state index is 11.0. The van der Waals surface area contributed by atoms with E-state index in [1.807, 2.05) is 36.4 Å². The quantitative estimate of drug-likeness (QED) is 0.687. The fourth-order valence-corrected chi connectivity index (χ4v) is 2.20. The van der Waals surface area contributed by atoms with Crippen molar-refractivity contribution in [1.82, 2.24) is 20.3 Å². The summed E-state index contributed by atoms with van der Waals surface area (Å²) in [5.74, 6) is 6.15. The lowest BCUT2D eigenvalue weighted by Gasteiger charge is -2.06. The molecule has 0 radical (unpaired) electrons. The number of nitrogens with zero attached hydrogens (tertiary/aromatic N) is 3. The van der Waals surface area contributed by atoms with E-state index in [1.54, 1.807) is 30.9 Å². The molecule has 0 unspecified atom stereocenters. The first-order valence-electron chi connectivity index (χ1n) is 7.96. The monoisotopic (exact) mass is 344 g/mol. The average Bonchev–Trinajstić information content (AvgIpc) is 3.16. The Morgan fingerprint density at radius 1 is 0.962 bits per heavy atom. The highest BCUT2D eigenvalue weighted by Crippen LogP contribution is 2.17. The summed E-state index contributed by atoms with van der Waals surface area (Å²) in [6.07, 6.45) is 7.90.